The van der Waals surface area contributed by atoms with Gasteiger partial charge >= 0.3 is 0 Å². The van der Waals surface area contributed by atoms with Gasteiger partial charge in [-0.05, 0) is 52.3 Å². The van der Waals surface area contributed by atoms with Gasteiger partial charge in [0.05, 0.1) is 22.3 Å². The Kier molecular flexibility index (Phi) is 5.62. The van der Waals surface area contributed by atoms with E-state index in [9.17, 15) is 4.79 Å². The first-order valence-electron chi connectivity index (χ1n) is 10.4. The van der Waals surface area contributed by atoms with Gasteiger partial charge in [0.1, 0.15) is 0 Å². The molecule has 1 aliphatic rings. The highest BCUT2D eigenvalue weighted by Gasteiger charge is 2.28. The summed E-state index contributed by atoms with van der Waals surface area (Å²) in [6, 6.07) is 10.3. The van der Waals surface area contributed by atoms with Crippen molar-refractivity contribution in [2.24, 2.45) is 0 Å². The van der Waals surface area contributed by atoms with Gasteiger partial charge in [-0.2, -0.15) is 0 Å². The lowest BCUT2D eigenvalue weighted by molar-refractivity contribution is 0.0644. The van der Waals surface area contributed by atoms with Gasteiger partial charge in [0.2, 0.25) is 0 Å². The second-order valence-corrected chi connectivity index (χ2v) is 7.85. The number of piperidine rings is 1. The molecule has 1 N–H and O–H groups in total. The molecule has 1 aliphatic heterocycles. The van der Waals surface area contributed by atoms with Gasteiger partial charge in [-0.25, -0.2) is 4.98 Å². The smallest absolute Gasteiger partial charge is 0.259 e. The van der Waals surface area contributed by atoms with E-state index in [0.717, 1.165) is 55.5 Å². The first-order chi connectivity index (χ1) is 14.1. The fraction of sp³-hybridized carbons (Fsp3) is 0.435. The Morgan fingerprint density at radius 2 is 1.93 bits per heavy atom. The van der Waals surface area contributed by atoms with Crippen LogP contribution >= 0.6 is 0 Å². The van der Waals surface area contributed by atoms with Gasteiger partial charge in [0.15, 0.2) is 0 Å². The summed E-state index contributed by atoms with van der Waals surface area (Å²) in [6.07, 6.45) is 2.89. The van der Waals surface area contributed by atoms with E-state index in [1.54, 1.807) is 0 Å². The zero-order valence-corrected chi connectivity index (χ0v) is 17.4. The number of hydrogen-bond acceptors (Lipinski definition) is 5. The predicted molar refractivity (Wildman–Crippen MR) is 114 cm³/mol. The minimum Gasteiger partial charge on any atom is -0.336 e. The number of carbonyl (C=O) groups excluding carboxylic acids is 1. The second kappa shape index (κ2) is 8.33. The SMILES string of the molecule is CCCN(C(=O)c1cc(-c2ccc(C)cc2)nc2onc(C)c12)C1CCNCC1. The number of aromatic nitrogens is 2. The first kappa shape index (κ1) is 19.6. The van der Waals surface area contributed by atoms with Gasteiger partial charge in [0.25, 0.3) is 11.6 Å². The fourth-order valence-electron chi connectivity index (χ4n) is 4.10. The molecule has 3 heterocycles. The van der Waals surface area contributed by atoms with Crippen molar-refractivity contribution in [2.45, 2.75) is 46.1 Å². The highest BCUT2D eigenvalue weighted by molar-refractivity contribution is 6.07. The van der Waals surface area contributed by atoms with Crippen LogP contribution in [0.3, 0.4) is 0 Å². The van der Waals surface area contributed by atoms with Crippen LogP contribution in [0.15, 0.2) is 34.9 Å². The molecule has 6 nitrogen and oxygen atoms in total. The number of pyridine rings is 1. The topological polar surface area (TPSA) is 71.3 Å². The number of benzene rings is 1. The van der Waals surface area contributed by atoms with Gasteiger partial charge in [-0.15, -0.1) is 0 Å². The molecule has 152 valence electrons. The summed E-state index contributed by atoms with van der Waals surface area (Å²) in [5.41, 5.74) is 4.64. The van der Waals surface area contributed by atoms with Crippen LogP contribution in [-0.4, -0.2) is 46.6 Å². The van der Waals surface area contributed by atoms with Crippen LogP contribution in [0.2, 0.25) is 0 Å². The molecule has 1 saturated heterocycles. The number of aryl methyl sites for hydroxylation is 2. The van der Waals surface area contributed by atoms with E-state index in [1.165, 1.54) is 5.56 Å². The lowest BCUT2D eigenvalue weighted by Gasteiger charge is -2.34. The van der Waals surface area contributed by atoms with Gasteiger partial charge in [0, 0.05) is 18.2 Å². The van der Waals surface area contributed by atoms with Crippen LogP contribution in [0.5, 0.6) is 0 Å². The minimum absolute atomic E-state index is 0.0470. The maximum Gasteiger partial charge on any atom is 0.259 e. The van der Waals surface area contributed by atoms with E-state index in [2.05, 4.69) is 29.3 Å². The third kappa shape index (κ3) is 3.90. The summed E-state index contributed by atoms with van der Waals surface area (Å²) < 4.78 is 5.47. The average molecular weight is 393 g/mol. The number of nitrogens with zero attached hydrogens (tertiary/aromatic N) is 3. The molecular weight excluding hydrogens is 364 g/mol. The summed E-state index contributed by atoms with van der Waals surface area (Å²) in [4.78, 5) is 20.4. The number of carbonyl (C=O) groups is 1. The fourth-order valence-corrected chi connectivity index (χ4v) is 4.10. The van der Waals surface area contributed by atoms with Crippen LogP contribution in [0.1, 0.15) is 47.8 Å². The van der Waals surface area contributed by atoms with Crippen molar-refractivity contribution in [1.29, 1.82) is 0 Å². The number of hydrogen-bond donors (Lipinski definition) is 1. The van der Waals surface area contributed by atoms with E-state index >= 15 is 0 Å². The quantitative estimate of drug-likeness (QED) is 0.707. The maximum absolute atomic E-state index is 13.7. The molecule has 0 atom stereocenters. The molecule has 1 fully saturated rings. The number of amides is 1. The summed E-state index contributed by atoms with van der Waals surface area (Å²) in [5.74, 6) is 0.0470. The van der Waals surface area contributed by atoms with Crippen LogP contribution in [0, 0.1) is 13.8 Å². The van der Waals surface area contributed by atoms with Crippen molar-refractivity contribution >= 4 is 17.0 Å². The third-order valence-corrected chi connectivity index (χ3v) is 5.67. The zero-order chi connectivity index (χ0) is 20.4. The van der Waals surface area contributed by atoms with Crippen molar-refractivity contribution in [3.63, 3.8) is 0 Å². The Balaban J connectivity index is 1.80. The highest BCUT2D eigenvalue weighted by Crippen LogP contribution is 2.29. The zero-order valence-electron chi connectivity index (χ0n) is 17.4. The summed E-state index contributed by atoms with van der Waals surface area (Å²) in [5, 5.41) is 8.20. The molecule has 6 heteroatoms. The Morgan fingerprint density at radius 1 is 1.21 bits per heavy atom. The lowest BCUT2D eigenvalue weighted by Crippen LogP contribution is -2.46. The third-order valence-electron chi connectivity index (χ3n) is 5.67. The average Bonchev–Trinajstić information content (AvgIpc) is 3.13. The number of rotatable bonds is 5. The molecule has 29 heavy (non-hydrogen) atoms. The highest BCUT2D eigenvalue weighted by atomic mass is 16.5. The van der Waals surface area contributed by atoms with Crippen molar-refractivity contribution in [1.82, 2.24) is 20.4 Å². The molecule has 0 aliphatic carbocycles. The molecule has 0 saturated carbocycles. The van der Waals surface area contributed by atoms with E-state index in [0.29, 0.717) is 17.0 Å². The standard InChI is InChI=1S/C23H28N4O2/c1-4-13-27(18-9-11-24-12-10-18)23(28)19-14-20(17-7-5-15(2)6-8-17)25-22-21(19)16(3)26-29-22/h5-8,14,18,24H,4,9-13H2,1-3H3. The lowest BCUT2D eigenvalue weighted by atomic mass is 10.0. The summed E-state index contributed by atoms with van der Waals surface area (Å²) in [6.45, 7) is 8.68. The molecule has 4 rings (SSSR count). The monoisotopic (exact) mass is 392 g/mol. The summed E-state index contributed by atoms with van der Waals surface area (Å²) in [7, 11) is 0. The molecule has 1 aromatic carbocycles. The molecular formula is C23H28N4O2. The minimum atomic E-state index is 0.0470. The van der Waals surface area contributed by atoms with Gasteiger partial charge in [-0.3, -0.25) is 4.79 Å². The predicted octanol–water partition coefficient (Wildman–Crippen LogP) is 4.11. The molecule has 0 radical (unpaired) electrons. The maximum atomic E-state index is 13.7. The van der Waals surface area contributed by atoms with E-state index in [1.807, 2.05) is 42.2 Å². The molecule has 1 amide bonds. The Morgan fingerprint density at radius 3 is 2.62 bits per heavy atom. The van der Waals surface area contributed by atoms with Crippen molar-refractivity contribution in [2.75, 3.05) is 19.6 Å². The normalized spacial score (nSPS) is 15.0. The molecule has 2 aromatic heterocycles. The Hall–Kier alpha value is -2.73. The van der Waals surface area contributed by atoms with Crippen LogP contribution in [0.25, 0.3) is 22.4 Å². The number of nitrogens with one attached hydrogen (secondary N) is 1. The first-order valence-corrected chi connectivity index (χ1v) is 10.4. The molecule has 3 aromatic rings. The van der Waals surface area contributed by atoms with Crippen LogP contribution < -0.4 is 5.32 Å². The van der Waals surface area contributed by atoms with Gasteiger partial charge in [-0.1, -0.05) is 41.9 Å². The van der Waals surface area contributed by atoms with Gasteiger partial charge < -0.3 is 14.7 Å². The van der Waals surface area contributed by atoms with E-state index in [-0.39, 0.29) is 11.9 Å². The molecule has 0 unspecified atom stereocenters. The largest absolute Gasteiger partial charge is 0.336 e. The molecule has 0 spiro atoms. The van der Waals surface area contributed by atoms with E-state index in [4.69, 9.17) is 4.52 Å². The van der Waals surface area contributed by atoms with Crippen molar-refractivity contribution in [3.05, 3.63) is 47.2 Å². The summed E-state index contributed by atoms with van der Waals surface area (Å²) >= 11 is 0. The Labute approximate surface area is 171 Å². The second-order valence-electron chi connectivity index (χ2n) is 7.85. The van der Waals surface area contributed by atoms with Crippen LogP contribution in [0.4, 0.5) is 0 Å². The van der Waals surface area contributed by atoms with Crippen molar-refractivity contribution < 1.29 is 9.32 Å². The number of fused-ring (bicyclic) bond motifs is 1. The Bertz CT molecular complexity index is 1000. The van der Waals surface area contributed by atoms with Crippen LogP contribution in [-0.2, 0) is 0 Å². The van der Waals surface area contributed by atoms with E-state index < -0.39 is 0 Å². The van der Waals surface area contributed by atoms with Crippen molar-refractivity contribution in [3.8, 4) is 11.3 Å². The molecule has 0 bridgehead atoms.